The molecule has 1 rings (SSSR count). The molecule has 0 aliphatic rings. The molecule has 0 saturated heterocycles. The summed E-state index contributed by atoms with van der Waals surface area (Å²) in [6.07, 6.45) is 6.97. The van der Waals surface area contributed by atoms with Crippen LogP contribution < -0.4 is 0 Å². The number of nitrogens with zero attached hydrogens (tertiary/aromatic N) is 4. The molecule has 0 aromatic carbocycles. The first-order chi connectivity index (χ1) is 6.86. The van der Waals surface area contributed by atoms with Gasteiger partial charge in [0.05, 0.1) is 5.75 Å². The van der Waals surface area contributed by atoms with Crippen molar-refractivity contribution in [2.45, 2.75) is 12.7 Å². The third-order valence-electron chi connectivity index (χ3n) is 1.36. The summed E-state index contributed by atoms with van der Waals surface area (Å²) < 4.78 is 1.41. The van der Waals surface area contributed by atoms with Gasteiger partial charge in [0.1, 0.15) is 12.2 Å². The Morgan fingerprint density at radius 2 is 2.71 bits per heavy atom. The first-order valence-corrected chi connectivity index (χ1v) is 5.11. The molecule has 1 heterocycles. The number of hydrogen-bond donors (Lipinski definition) is 1. The molecule has 1 aromatic rings. The van der Waals surface area contributed by atoms with Crippen LogP contribution >= 0.6 is 11.9 Å². The highest BCUT2D eigenvalue weighted by Gasteiger charge is 2.00. The van der Waals surface area contributed by atoms with E-state index in [0.717, 1.165) is 5.82 Å². The smallest absolute Gasteiger partial charge is 0.196 e. The second-order valence-corrected chi connectivity index (χ2v) is 3.29. The fourth-order valence-corrected chi connectivity index (χ4v) is 1.36. The maximum absolute atomic E-state index is 8.71. The van der Waals surface area contributed by atoms with Crippen LogP contribution in [0.1, 0.15) is 12.7 Å². The predicted molar refractivity (Wildman–Crippen MR) is 56.4 cm³/mol. The minimum Gasteiger partial charge on any atom is -0.348 e. The van der Waals surface area contributed by atoms with Crippen molar-refractivity contribution in [1.82, 2.24) is 14.3 Å². The summed E-state index contributed by atoms with van der Waals surface area (Å²) in [6, 6.07) is 0. The standard InChI is InChI=1S/C8H11N5S/c1-2-10-7-13(6-9)14-5-8-11-3-4-12-8/h3-4,7H,2,5H2,1H3,(H,11,12). The van der Waals surface area contributed by atoms with Crippen molar-refractivity contribution in [2.75, 3.05) is 6.54 Å². The summed E-state index contributed by atoms with van der Waals surface area (Å²) in [5, 5.41) is 8.71. The van der Waals surface area contributed by atoms with E-state index in [4.69, 9.17) is 5.26 Å². The summed E-state index contributed by atoms with van der Waals surface area (Å²) in [6.45, 7) is 2.60. The summed E-state index contributed by atoms with van der Waals surface area (Å²) in [4.78, 5) is 11.0. The van der Waals surface area contributed by atoms with Gasteiger partial charge < -0.3 is 4.98 Å². The molecule has 0 radical (unpaired) electrons. The normalized spacial score (nSPS) is 10.3. The molecule has 0 fully saturated rings. The van der Waals surface area contributed by atoms with Gasteiger partial charge in [0.25, 0.3) is 0 Å². The van der Waals surface area contributed by atoms with Gasteiger partial charge in [0.2, 0.25) is 0 Å². The minimum absolute atomic E-state index is 0.635. The van der Waals surface area contributed by atoms with Crippen molar-refractivity contribution in [3.63, 3.8) is 0 Å². The number of rotatable bonds is 5. The molecule has 0 bridgehead atoms. The van der Waals surface area contributed by atoms with E-state index in [1.165, 1.54) is 22.6 Å². The van der Waals surface area contributed by atoms with E-state index in [2.05, 4.69) is 15.0 Å². The SMILES string of the molecule is CCN=CN(C#N)SCc1ncc[nH]1. The van der Waals surface area contributed by atoms with Crippen molar-refractivity contribution < 1.29 is 0 Å². The zero-order chi connectivity index (χ0) is 10.2. The Kier molecular flexibility index (Phi) is 4.58. The number of nitriles is 1. The van der Waals surface area contributed by atoms with Crippen molar-refractivity contribution in [2.24, 2.45) is 4.99 Å². The number of nitrogens with one attached hydrogen (secondary N) is 1. The van der Waals surface area contributed by atoms with Crippen molar-refractivity contribution >= 4 is 18.3 Å². The number of hydrogen-bond acceptors (Lipinski definition) is 4. The third-order valence-corrected chi connectivity index (χ3v) is 2.22. The summed E-state index contributed by atoms with van der Waals surface area (Å²) in [5.41, 5.74) is 0. The van der Waals surface area contributed by atoms with Gasteiger partial charge in [-0.05, 0) is 18.9 Å². The monoisotopic (exact) mass is 209 g/mol. The number of aromatic nitrogens is 2. The van der Waals surface area contributed by atoms with Gasteiger partial charge in [-0.2, -0.15) is 5.26 Å². The molecular weight excluding hydrogens is 198 g/mol. The molecule has 1 N–H and O–H groups in total. The van der Waals surface area contributed by atoms with E-state index < -0.39 is 0 Å². The van der Waals surface area contributed by atoms with Gasteiger partial charge >= 0.3 is 0 Å². The molecule has 0 atom stereocenters. The molecule has 1 aromatic heterocycles. The highest BCUT2D eigenvalue weighted by atomic mass is 32.2. The van der Waals surface area contributed by atoms with E-state index in [0.29, 0.717) is 12.3 Å². The lowest BCUT2D eigenvalue weighted by Crippen LogP contribution is -2.06. The fraction of sp³-hybridized carbons (Fsp3) is 0.375. The third kappa shape index (κ3) is 3.49. The topological polar surface area (TPSA) is 68.1 Å². The van der Waals surface area contributed by atoms with Crippen LogP contribution in [-0.4, -0.2) is 27.2 Å². The molecular formula is C8H11N5S. The van der Waals surface area contributed by atoms with Crippen LogP contribution in [-0.2, 0) is 5.75 Å². The molecule has 0 amide bonds. The molecule has 5 nitrogen and oxygen atoms in total. The maximum Gasteiger partial charge on any atom is 0.196 e. The fourth-order valence-electron chi connectivity index (χ4n) is 0.751. The van der Waals surface area contributed by atoms with Crippen molar-refractivity contribution in [3.05, 3.63) is 18.2 Å². The maximum atomic E-state index is 8.71. The Hall–Kier alpha value is -1.48. The molecule has 14 heavy (non-hydrogen) atoms. The zero-order valence-electron chi connectivity index (χ0n) is 7.84. The van der Waals surface area contributed by atoms with E-state index >= 15 is 0 Å². The van der Waals surface area contributed by atoms with E-state index in [-0.39, 0.29) is 0 Å². The average molecular weight is 209 g/mol. The molecule has 0 aliphatic heterocycles. The van der Waals surface area contributed by atoms with Crippen LogP contribution in [0.2, 0.25) is 0 Å². The van der Waals surface area contributed by atoms with Crippen LogP contribution in [0, 0.1) is 11.5 Å². The first kappa shape index (κ1) is 10.6. The molecule has 0 unspecified atom stereocenters. The summed E-state index contributed by atoms with van der Waals surface area (Å²) in [5.74, 6) is 1.48. The minimum atomic E-state index is 0.635. The number of aromatic amines is 1. The van der Waals surface area contributed by atoms with Crippen LogP contribution in [0.3, 0.4) is 0 Å². The lowest BCUT2D eigenvalue weighted by Gasteiger charge is -2.05. The number of imidazole rings is 1. The lowest BCUT2D eigenvalue weighted by molar-refractivity contribution is 0.948. The Bertz CT molecular complexity index is 313. The lowest BCUT2D eigenvalue weighted by atomic mass is 10.7. The van der Waals surface area contributed by atoms with Gasteiger partial charge in [-0.15, -0.1) is 0 Å². The van der Waals surface area contributed by atoms with Gasteiger partial charge in [-0.3, -0.25) is 4.99 Å². The largest absolute Gasteiger partial charge is 0.348 e. The van der Waals surface area contributed by atoms with Crippen LogP contribution in [0.15, 0.2) is 17.4 Å². The number of H-pyrrole nitrogens is 1. The second kappa shape index (κ2) is 6.05. The van der Waals surface area contributed by atoms with Crippen molar-refractivity contribution in [3.8, 4) is 6.19 Å². The molecule has 0 aliphatic carbocycles. The Balaban J connectivity index is 2.35. The molecule has 6 heteroatoms. The quantitative estimate of drug-likeness (QED) is 0.261. The Labute approximate surface area is 87.0 Å². The Morgan fingerprint density at radius 3 is 3.29 bits per heavy atom. The number of aliphatic imine (C=N–C) groups is 1. The van der Waals surface area contributed by atoms with Gasteiger partial charge in [0.15, 0.2) is 6.19 Å². The molecule has 74 valence electrons. The van der Waals surface area contributed by atoms with Crippen LogP contribution in [0.25, 0.3) is 0 Å². The van der Waals surface area contributed by atoms with E-state index in [9.17, 15) is 0 Å². The highest BCUT2D eigenvalue weighted by molar-refractivity contribution is 7.96. The van der Waals surface area contributed by atoms with Gasteiger partial charge in [-0.25, -0.2) is 9.29 Å². The van der Waals surface area contributed by atoms with E-state index in [1.54, 1.807) is 12.4 Å². The van der Waals surface area contributed by atoms with Gasteiger partial charge in [0, 0.05) is 18.9 Å². The predicted octanol–water partition coefficient (Wildman–Crippen LogP) is 1.39. The van der Waals surface area contributed by atoms with Crippen LogP contribution in [0.5, 0.6) is 0 Å². The summed E-state index contributed by atoms with van der Waals surface area (Å²) >= 11 is 1.35. The average Bonchev–Trinajstić information content (AvgIpc) is 2.71. The first-order valence-electron chi connectivity index (χ1n) is 4.17. The highest BCUT2D eigenvalue weighted by Crippen LogP contribution is 2.11. The molecule has 0 saturated carbocycles. The Morgan fingerprint density at radius 1 is 1.86 bits per heavy atom. The zero-order valence-corrected chi connectivity index (χ0v) is 8.66. The van der Waals surface area contributed by atoms with E-state index in [1.807, 2.05) is 13.1 Å². The van der Waals surface area contributed by atoms with Crippen molar-refractivity contribution in [1.29, 1.82) is 5.26 Å². The second-order valence-electron chi connectivity index (χ2n) is 2.35. The molecule has 0 spiro atoms. The van der Waals surface area contributed by atoms with Gasteiger partial charge in [-0.1, -0.05) is 0 Å². The van der Waals surface area contributed by atoms with Crippen LogP contribution in [0.4, 0.5) is 0 Å². The summed E-state index contributed by atoms with van der Waals surface area (Å²) in [7, 11) is 0.